The zero-order valence-corrected chi connectivity index (χ0v) is 17.9. The molecule has 0 spiro atoms. The summed E-state index contributed by atoms with van der Waals surface area (Å²) in [4.78, 5) is 33.8. The Morgan fingerprint density at radius 2 is 2.23 bits per heavy atom. The molecule has 154 valence electrons. The van der Waals surface area contributed by atoms with Gasteiger partial charge in [0.25, 0.3) is 5.91 Å². The number of amides is 2. The third-order valence-corrected chi connectivity index (χ3v) is 6.51. The van der Waals surface area contributed by atoms with E-state index in [9.17, 15) is 9.59 Å². The molecule has 0 bridgehead atoms. The lowest BCUT2D eigenvalue weighted by Crippen LogP contribution is -2.45. The molecular weight excluding hydrogens is 418 g/mol. The topological polar surface area (TPSA) is 66.7 Å². The molecule has 0 aromatic carbocycles. The Labute approximate surface area is 184 Å². The number of hydrogen-bond acceptors (Lipinski definition) is 6. The number of carbonyl (C=O) groups excluding carboxylic acids is 2. The van der Waals surface area contributed by atoms with Gasteiger partial charge in [0.2, 0.25) is 5.91 Å². The molecule has 2 fully saturated rings. The van der Waals surface area contributed by atoms with E-state index < -0.39 is 0 Å². The Kier molecular flexibility index (Phi) is 6.44. The van der Waals surface area contributed by atoms with Crippen molar-refractivity contribution in [3.63, 3.8) is 0 Å². The molecule has 0 radical (unpaired) electrons. The summed E-state index contributed by atoms with van der Waals surface area (Å²) in [5.41, 5.74) is 1.03. The molecule has 1 unspecified atom stereocenters. The predicted molar refractivity (Wildman–Crippen MR) is 120 cm³/mol. The second-order valence-corrected chi connectivity index (χ2v) is 8.73. The highest BCUT2D eigenvalue weighted by atomic mass is 32.2. The minimum absolute atomic E-state index is 0.00915. The van der Waals surface area contributed by atoms with Gasteiger partial charge in [0.15, 0.2) is 0 Å². The van der Waals surface area contributed by atoms with Gasteiger partial charge in [0.05, 0.1) is 17.2 Å². The Balaban J connectivity index is 1.44. The van der Waals surface area contributed by atoms with Gasteiger partial charge in [-0.2, -0.15) is 0 Å². The van der Waals surface area contributed by atoms with E-state index in [4.69, 9.17) is 16.6 Å². The van der Waals surface area contributed by atoms with E-state index in [1.54, 1.807) is 36.8 Å². The van der Waals surface area contributed by atoms with Gasteiger partial charge in [-0.05, 0) is 55.2 Å². The van der Waals surface area contributed by atoms with Gasteiger partial charge < -0.3 is 9.32 Å². The lowest BCUT2D eigenvalue weighted by molar-refractivity contribution is -0.138. The molecule has 2 aliphatic heterocycles. The minimum atomic E-state index is -0.239. The molecule has 2 aliphatic rings. The smallest absolute Gasteiger partial charge is 0.266 e. The van der Waals surface area contributed by atoms with Crippen molar-refractivity contribution in [3.8, 4) is 0 Å². The first-order valence-corrected chi connectivity index (χ1v) is 11.0. The van der Waals surface area contributed by atoms with E-state index in [0.717, 1.165) is 24.8 Å². The second kappa shape index (κ2) is 9.40. The number of piperidine rings is 1. The molecule has 2 amide bonds. The highest BCUT2D eigenvalue weighted by Crippen LogP contribution is 2.33. The second-order valence-electron chi connectivity index (χ2n) is 7.05. The standard InChI is InChI=1S/C22H21N3O3S2/c26-20(24-12-2-1-9-18(24)16-6-4-11-23-14-16)15-25-21(27)19(30-22(25)29)10-3-7-17-8-5-13-28-17/h3-8,10-11,13-14,18H,1-2,9,12,15H2. The van der Waals surface area contributed by atoms with E-state index in [-0.39, 0.29) is 24.4 Å². The van der Waals surface area contributed by atoms with Crippen LogP contribution in [0.3, 0.4) is 0 Å². The van der Waals surface area contributed by atoms with E-state index >= 15 is 0 Å². The molecule has 8 heteroatoms. The maximum atomic E-state index is 13.1. The monoisotopic (exact) mass is 439 g/mol. The van der Waals surface area contributed by atoms with E-state index in [0.29, 0.717) is 21.5 Å². The highest BCUT2D eigenvalue weighted by molar-refractivity contribution is 8.26. The molecule has 1 atom stereocenters. The van der Waals surface area contributed by atoms with Crippen molar-refractivity contribution in [2.45, 2.75) is 25.3 Å². The summed E-state index contributed by atoms with van der Waals surface area (Å²) in [6.07, 6.45) is 13.3. The molecule has 0 saturated carbocycles. The summed E-state index contributed by atoms with van der Waals surface area (Å²) < 4.78 is 5.64. The van der Waals surface area contributed by atoms with Crippen LogP contribution in [0.2, 0.25) is 0 Å². The number of thioether (sulfide) groups is 1. The normalized spacial score (nSPS) is 21.2. The van der Waals surface area contributed by atoms with Gasteiger partial charge in [-0.15, -0.1) is 0 Å². The number of allylic oxidation sites excluding steroid dienone is 2. The largest absolute Gasteiger partial charge is 0.465 e. The SMILES string of the molecule is O=C1C(=CC=Cc2ccco2)SC(=S)N1CC(=O)N1CCCCC1c1cccnc1. The molecule has 2 saturated heterocycles. The number of carbonyl (C=O) groups is 2. The Morgan fingerprint density at radius 1 is 1.33 bits per heavy atom. The van der Waals surface area contributed by atoms with E-state index in [1.807, 2.05) is 29.3 Å². The first-order chi connectivity index (χ1) is 14.6. The third-order valence-electron chi connectivity index (χ3n) is 5.11. The molecule has 2 aromatic rings. The quantitative estimate of drug-likeness (QED) is 0.514. The molecular formula is C22H21N3O3S2. The van der Waals surface area contributed by atoms with Crippen LogP contribution in [0.25, 0.3) is 6.08 Å². The van der Waals surface area contributed by atoms with Crippen LogP contribution in [-0.2, 0) is 9.59 Å². The van der Waals surface area contributed by atoms with Crippen LogP contribution >= 0.6 is 24.0 Å². The summed E-state index contributed by atoms with van der Waals surface area (Å²) in [7, 11) is 0. The van der Waals surface area contributed by atoms with Crippen LogP contribution in [0.4, 0.5) is 0 Å². The van der Waals surface area contributed by atoms with Gasteiger partial charge in [-0.3, -0.25) is 19.5 Å². The zero-order valence-electron chi connectivity index (χ0n) is 16.3. The molecule has 0 aliphatic carbocycles. The molecule has 2 aromatic heterocycles. The van der Waals surface area contributed by atoms with Crippen LogP contribution in [0.1, 0.15) is 36.6 Å². The summed E-state index contributed by atoms with van der Waals surface area (Å²) in [6.45, 7) is 0.635. The van der Waals surface area contributed by atoms with Crippen LogP contribution in [0.5, 0.6) is 0 Å². The summed E-state index contributed by atoms with van der Waals surface area (Å²) in [5, 5.41) is 0. The van der Waals surface area contributed by atoms with Crippen LogP contribution in [0, 0.1) is 0 Å². The average molecular weight is 440 g/mol. The van der Waals surface area contributed by atoms with Crippen molar-refractivity contribution in [3.05, 3.63) is 71.3 Å². The molecule has 0 N–H and O–H groups in total. The van der Waals surface area contributed by atoms with Crippen molar-refractivity contribution in [1.29, 1.82) is 0 Å². The average Bonchev–Trinajstić information content (AvgIpc) is 3.38. The van der Waals surface area contributed by atoms with E-state index in [2.05, 4.69) is 4.98 Å². The van der Waals surface area contributed by atoms with Gasteiger partial charge in [0.1, 0.15) is 16.6 Å². The lowest BCUT2D eigenvalue weighted by Gasteiger charge is -2.36. The number of likely N-dealkylation sites (tertiary alicyclic amines) is 1. The Morgan fingerprint density at radius 3 is 3.00 bits per heavy atom. The number of aromatic nitrogens is 1. The van der Waals surface area contributed by atoms with E-state index in [1.165, 1.54) is 16.7 Å². The molecule has 30 heavy (non-hydrogen) atoms. The fraction of sp³-hybridized carbons (Fsp3) is 0.273. The van der Waals surface area contributed by atoms with Crippen LogP contribution in [0.15, 0.2) is 64.4 Å². The Bertz CT molecular complexity index is 986. The number of hydrogen-bond donors (Lipinski definition) is 0. The number of furan rings is 1. The van der Waals surface area contributed by atoms with Crippen LogP contribution < -0.4 is 0 Å². The van der Waals surface area contributed by atoms with Gasteiger partial charge in [-0.1, -0.05) is 36.1 Å². The molecule has 6 nitrogen and oxygen atoms in total. The Hall–Kier alpha value is -2.71. The first kappa shape index (κ1) is 20.6. The van der Waals surface area contributed by atoms with Gasteiger partial charge in [0, 0.05) is 18.9 Å². The summed E-state index contributed by atoms with van der Waals surface area (Å²) in [6, 6.07) is 7.49. The first-order valence-electron chi connectivity index (χ1n) is 9.78. The third kappa shape index (κ3) is 4.55. The zero-order chi connectivity index (χ0) is 20.9. The van der Waals surface area contributed by atoms with Gasteiger partial charge in [-0.25, -0.2) is 0 Å². The van der Waals surface area contributed by atoms with Crippen molar-refractivity contribution in [2.75, 3.05) is 13.1 Å². The number of nitrogens with zero attached hydrogens (tertiary/aromatic N) is 3. The minimum Gasteiger partial charge on any atom is -0.465 e. The lowest BCUT2D eigenvalue weighted by atomic mass is 9.96. The maximum Gasteiger partial charge on any atom is 0.266 e. The highest BCUT2D eigenvalue weighted by Gasteiger charge is 2.36. The fourth-order valence-electron chi connectivity index (χ4n) is 3.64. The maximum absolute atomic E-state index is 13.1. The van der Waals surface area contributed by atoms with Crippen molar-refractivity contribution >= 4 is 46.2 Å². The summed E-state index contributed by atoms with van der Waals surface area (Å²) >= 11 is 6.58. The number of rotatable bonds is 5. The van der Waals surface area contributed by atoms with Crippen molar-refractivity contribution < 1.29 is 14.0 Å². The summed E-state index contributed by atoms with van der Waals surface area (Å²) in [5.74, 6) is 0.369. The van der Waals surface area contributed by atoms with Gasteiger partial charge >= 0.3 is 0 Å². The van der Waals surface area contributed by atoms with Crippen molar-refractivity contribution in [1.82, 2.24) is 14.8 Å². The number of pyridine rings is 1. The molecule has 4 heterocycles. The number of thiocarbonyl (C=S) groups is 1. The molecule has 4 rings (SSSR count). The van der Waals surface area contributed by atoms with Crippen molar-refractivity contribution in [2.24, 2.45) is 0 Å². The van der Waals surface area contributed by atoms with Crippen LogP contribution in [-0.4, -0.2) is 44.0 Å². The predicted octanol–water partition coefficient (Wildman–Crippen LogP) is 4.19. The fourth-order valence-corrected chi connectivity index (χ4v) is 4.85.